The van der Waals surface area contributed by atoms with E-state index in [-0.39, 0.29) is 0 Å². The highest BCUT2D eigenvalue weighted by molar-refractivity contribution is 9.10. The molecule has 1 unspecified atom stereocenters. The minimum absolute atomic E-state index is 0.511. The summed E-state index contributed by atoms with van der Waals surface area (Å²) in [6.07, 6.45) is 0.655. The van der Waals surface area contributed by atoms with Crippen LogP contribution in [0.5, 0.6) is 0 Å². The second-order valence-corrected chi connectivity index (χ2v) is 6.46. The van der Waals surface area contributed by atoms with Crippen LogP contribution in [0.1, 0.15) is 13.3 Å². The molecule has 0 radical (unpaired) electrons. The first-order valence-electron chi connectivity index (χ1n) is 6.53. The molecule has 2 aromatic rings. The van der Waals surface area contributed by atoms with Crippen LogP contribution in [0.2, 0.25) is 0 Å². The predicted molar refractivity (Wildman–Crippen MR) is 82.0 cm³/mol. The summed E-state index contributed by atoms with van der Waals surface area (Å²) in [4.78, 5) is 18.0. The minimum Gasteiger partial charge on any atom is -0.481 e. The Morgan fingerprint density at radius 1 is 1.40 bits per heavy atom. The highest BCUT2D eigenvalue weighted by Gasteiger charge is 2.40. The molecule has 5 heteroatoms. The van der Waals surface area contributed by atoms with Gasteiger partial charge in [-0.25, -0.2) is 4.98 Å². The summed E-state index contributed by atoms with van der Waals surface area (Å²) >= 11 is 3.44. The SMILES string of the molecule is CC1(C(=O)O)CCN(c2ccc3cc(Br)ccc3n2)C1. The molecule has 1 saturated heterocycles. The molecule has 1 aliphatic heterocycles. The first-order chi connectivity index (χ1) is 9.48. The fraction of sp³-hybridized carbons (Fsp3) is 0.333. The molecule has 1 atom stereocenters. The van der Waals surface area contributed by atoms with E-state index in [0.717, 1.165) is 27.7 Å². The van der Waals surface area contributed by atoms with Gasteiger partial charge in [0.05, 0.1) is 10.9 Å². The monoisotopic (exact) mass is 334 g/mol. The van der Waals surface area contributed by atoms with Gasteiger partial charge in [0, 0.05) is 22.9 Å². The van der Waals surface area contributed by atoms with E-state index in [0.29, 0.717) is 13.0 Å². The lowest BCUT2D eigenvalue weighted by Crippen LogP contribution is -2.31. The molecule has 0 spiro atoms. The average molecular weight is 335 g/mol. The fourth-order valence-corrected chi connectivity index (χ4v) is 2.97. The van der Waals surface area contributed by atoms with Gasteiger partial charge < -0.3 is 10.0 Å². The van der Waals surface area contributed by atoms with Crippen molar-refractivity contribution in [1.29, 1.82) is 0 Å². The van der Waals surface area contributed by atoms with Gasteiger partial charge in [0.1, 0.15) is 5.82 Å². The predicted octanol–water partition coefficient (Wildman–Crippen LogP) is 3.30. The van der Waals surface area contributed by atoms with Crippen LogP contribution in [0.3, 0.4) is 0 Å². The van der Waals surface area contributed by atoms with Crippen molar-refractivity contribution >= 4 is 38.6 Å². The number of nitrogens with zero attached hydrogens (tertiary/aromatic N) is 2. The summed E-state index contributed by atoms with van der Waals surface area (Å²) < 4.78 is 1.03. The van der Waals surface area contributed by atoms with E-state index in [9.17, 15) is 9.90 Å². The topological polar surface area (TPSA) is 53.4 Å². The molecule has 1 fully saturated rings. The van der Waals surface area contributed by atoms with Gasteiger partial charge in [0.15, 0.2) is 0 Å². The molecule has 4 nitrogen and oxygen atoms in total. The van der Waals surface area contributed by atoms with Gasteiger partial charge in [0.25, 0.3) is 0 Å². The number of aliphatic carboxylic acids is 1. The normalized spacial score (nSPS) is 22.4. The number of carboxylic acids is 1. The van der Waals surface area contributed by atoms with E-state index in [4.69, 9.17) is 0 Å². The second-order valence-electron chi connectivity index (χ2n) is 5.54. The van der Waals surface area contributed by atoms with Gasteiger partial charge >= 0.3 is 5.97 Å². The zero-order valence-electron chi connectivity index (χ0n) is 11.1. The summed E-state index contributed by atoms with van der Waals surface area (Å²) in [6.45, 7) is 3.04. The van der Waals surface area contributed by atoms with Gasteiger partial charge in [-0.3, -0.25) is 4.79 Å². The molecule has 0 aliphatic carbocycles. The Balaban J connectivity index is 1.92. The maximum atomic E-state index is 11.3. The van der Waals surface area contributed by atoms with Crippen molar-refractivity contribution < 1.29 is 9.90 Å². The van der Waals surface area contributed by atoms with Crippen LogP contribution in [0.4, 0.5) is 5.82 Å². The summed E-state index contributed by atoms with van der Waals surface area (Å²) in [7, 11) is 0. The quantitative estimate of drug-likeness (QED) is 0.915. The Morgan fingerprint density at radius 2 is 2.20 bits per heavy atom. The van der Waals surface area contributed by atoms with E-state index in [1.54, 1.807) is 6.92 Å². The first-order valence-corrected chi connectivity index (χ1v) is 7.32. The maximum Gasteiger partial charge on any atom is 0.311 e. The van der Waals surface area contributed by atoms with Crippen LogP contribution in [0.15, 0.2) is 34.8 Å². The maximum absolute atomic E-state index is 11.3. The van der Waals surface area contributed by atoms with Crippen LogP contribution in [-0.2, 0) is 4.79 Å². The van der Waals surface area contributed by atoms with Crippen molar-refractivity contribution in [3.8, 4) is 0 Å². The Labute approximate surface area is 125 Å². The minimum atomic E-state index is -0.732. The molecular formula is C15H15BrN2O2. The van der Waals surface area contributed by atoms with E-state index in [2.05, 4.69) is 25.8 Å². The third kappa shape index (κ3) is 2.26. The number of carbonyl (C=O) groups is 1. The van der Waals surface area contributed by atoms with Crippen LogP contribution < -0.4 is 4.90 Å². The lowest BCUT2D eigenvalue weighted by atomic mass is 9.90. The molecule has 2 heterocycles. The molecule has 104 valence electrons. The largest absolute Gasteiger partial charge is 0.481 e. The number of anilines is 1. The van der Waals surface area contributed by atoms with Gasteiger partial charge in [-0.15, -0.1) is 0 Å². The third-order valence-corrected chi connectivity index (χ3v) is 4.44. The summed E-state index contributed by atoms with van der Waals surface area (Å²) in [5.74, 6) is 0.120. The molecule has 0 amide bonds. The molecular weight excluding hydrogens is 320 g/mol. The number of hydrogen-bond donors (Lipinski definition) is 1. The Kier molecular flexibility index (Phi) is 3.17. The lowest BCUT2D eigenvalue weighted by Gasteiger charge is -2.21. The van der Waals surface area contributed by atoms with Crippen LogP contribution >= 0.6 is 15.9 Å². The number of halogens is 1. The molecule has 1 aliphatic rings. The molecule has 1 N–H and O–H groups in total. The number of benzene rings is 1. The molecule has 1 aromatic heterocycles. The van der Waals surface area contributed by atoms with Gasteiger partial charge in [-0.05, 0) is 43.7 Å². The van der Waals surface area contributed by atoms with E-state index in [1.807, 2.05) is 30.3 Å². The first kappa shape index (κ1) is 13.4. The Morgan fingerprint density at radius 3 is 2.90 bits per heavy atom. The number of fused-ring (bicyclic) bond motifs is 1. The third-order valence-electron chi connectivity index (χ3n) is 3.95. The lowest BCUT2D eigenvalue weighted by molar-refractivity contribution is -0.146. The number of rotatable bonds is 2. The van der Waals surface area contributed by atoms with Crippen molar-refractivity contribution in [2.45, 2.75) is 13.3 Å². The summed E-state index contributed by atoms with van der Waals surface area (Å²) in [6, 6.07) is 9.94. The van der Waals surface area contributed by atoms with E-state index >= 15 is 0 Å². The molecule has 0 saturated carbocycles. The number of pyridine rings is 1. The standard InChI is InChI=1S/C15H15BrN2O2/c1-15(14(19)20)6-7-18(9-15)13-5-2-10-8-11(16)3-4-12(10)17-13/h2-5,8H,6-7,9H2,1H3,(H,19,20). The summed E-state index contributed by atoms with van der Waals surface area (Å²) in [5.41, 5.74) is 0.255. The van der Waals surface area contributed by atoms with E-state index in [1.165, 1.54) is 0 Å². The Bertz CT molecular complexity index is 689. The molecule has 1 aromatic carbocycles. The highest BCUT2D eigenvalue weighted by atomic mass is 79.9. The van der Waals surface area contributed by atoms with Gasteiger partial charge in [-0.2, -0.15) is 0 Å². The highest BCUT2D eigenvalue weighted by Crippen LogP contribution is 2.33. The zero-order valence-corrected chi connectivity index (χ0v) is 12.7. The van der Waals surface area contributed by atoms with Crippen molar-refractivity contribution in [3.05, 3.63) is 34.8 Å². The van der Waals surface area contributed by atoms with Crippen LogP contribution in [-0.4, -0.2) is 29.1 Å². The zero-order chi connectivity index (χ0) is 14.3. The number of aromatic nitrogens is 1. The smallest absolute Gasteiger partial charge is 0.311 e. The second kappa shape index (κ2) is 4.74. The van der Waals surface area contributed by atoms with Crippen molar-refractivity contribution in [1.82, 2.24) is 4.98 Å². The summed E-state index contributed by atoms with van der Waals surface area (Å²) in [5, 5.41) is 10.4. The van der Waals surface area contributed by atoms with Crippen molar-refractivity contribution in [2.75, 3.05) is 18.0 Å². The molecule has 3 rings (SSSR count). The van der Waals surface area contributed by atoms with Gasteiger partial charge in [-0.1, -0.05) is 15.9 Å². The van der Waals surface area contributed by atoms with Crippen molar-refractivity contribution in [2.24, 2.45) is 5.41 Å². The fourth-order valence-electron chi connectivity index (χ4n) is 2.59. The average Bonchev–Trinajstić information content (AvgIpc) is 2.82. The Hall–Kier alpha value is -1.62. The number of hydrogen-bond acceptors (Lipinski definition) is 3. The van der Waals surface area contributed by atoms with Crippen molar-refractivity contribution in [3.63, 3.8) is 0 Å². The molecule has 20 heavy (non-hydrogen) atoms. The van der Waals surface area contributed by atoms with Gasteiger partial charge in [0.2, 0.25) is 0 Å². The van der Waals surface area contributed by atoms with E-state index < -0.39 is 11.4 Å². The molecule has 0 bridgehead atoms. The van der Waals surface area contributed by atoms with Crippen LogP contribution in [0, 0.1) is 5.41 Å². The van der Waals surface area contributed by atoms with Crippen LogP contribution in [0.25, 0.3) is 10.9 Å². The number of carboxylic acid groups (broad SMARTS) is 1.